The molecule has 7 nitrogen and oxygen atoms in total. The third-order valence-corrected chi connectivity index (χ3v) is 4.62. The Balaban J connectivity index is 1.85. The van der Waals surface area contributed by atoms with Gasteiger partial charge in [0.25, 0.3) is 0 Å². The minimum absolute atomic E-state index is 0.0114. The molecule has 1 amide bonds. The van der Waals surface area contributed by atoms with Gasteiger partial charge in [-0.25, -0.2) is 4.79 Å². The summed E-state index contributed by atoms with van der Waals surface area (Å²) in [6.45, 7) is 6.27. The second-order valence-corrected chi connectivity index (χ2v) is 8.25. The van der Waals surface area contributed by atoms with E-state index in [9.17, 15) is 14.7 Å². The molecule has 3 rings (SSSR count). The molecule has 0 aliphatic heterocycles. The van der Waals surface area contributed by atoms with Crippen LogP contribution >= 0.6 is 0 Å². The highest BCUT2D eigenvalue weighted by Crippen LogP contribution is 2.25. The molecule has 0 unspecified atom stereocenters. The lowest BCUT2D eigenvalue weighted by Crippen LogP contribution is -2.37. The second-order valence-electron chi connectivity index (χ2n) is 8.25. The van der Waals surface area contributed by atoms with E-state index in [0.717, 1.165) is 16.5 Å². The number of H-pyrrole nitrogens is 1. The number of ether oxygens (including phenoxy) is 1. The fourth-order valence-corrected chi connectivity index (χ4v) is 3.18. The van der Waals surface area contributed by atoms with Gasteiger partial charge in [-0.15, -0.1) is 0 Å². The molecule has 30 heavy (non-hydrogen) atoms. The first-order valence-corrected chi connectivity index (χ1v) is 9.78. The minimum atomic E-state index is -0.610. The third-order valence-electron chi connectivity index (χ3n) is 4.62. The van der Waals surface area contributed by atoms with E-state index in [1.54, 1.807) is 35.2 Å². The Morgan fingerprint density at radius 3 is 2.47 bits per heavy atom. The van der Waals surface area contributed by atoms with Crippen molar-refractivity contribution in [1.82, 2.24) is 9.88 Å². The topological polar surface area (TPSA) is 109 Å². The van der Waals surface area contributed by atoms with Gasteiger partial charge in [0.1, 0.15) is 11.4 Å². The van der Waals surface area contributed by atoms with Crippen LogP contribution in [0.15, 0.2) is 53.3 Å². The van der Waals surface area contributed by atoms with Gasteiger partial charge in [0.15, 0.2) is 0 Å². The van der Waals surface area contributed by atoms with Crippen molar-refractivity contribution in [3.05, 3.63) is 70.0 Å². The molecule has 0 aliphatic rings. The van der Waals surface area contributed by atoms with Gasteiger partial charge in [0.2, 0.25) is 5.56 Å². The Hall–Kier alpha value is -3.48. The summed E-state index contributed by atoms with van der Waals surface area (Å²) in [7, 11) is 0. The number of nitrogen functional groups attached to an aromatic ring is 1. The number of pyridine rings is 1. The van der Waals surface area contributed by atoms with Crippen LogP contribution in [-0.4, -0.2) is 33.2 Å². The molecule has 0 atom stereocenters. The first-order chi connectivity index (χ1) is 14.1. The molecule has 0 aliphatic carbocycles. The maximum absolute atomic E-state index is 12.8. The number of hydrogen-bond acceptors (Lipinski definition) is 5. The fraction of sp³-hybridized carbons (Fsp3) is 0.304. The number of carbonyl (C=O) groups is 1. The van der Waals surface area contributed by atoms with Crippen molar-refractivity contribution in [1.29, 1.82) is 0 Å². The van der Waals surface area contributed by atoms with Gasteiger partial charge in [-0.2, -0.15) is 0 Å². The molecule has 0 bridgehead atoms. The molecule has 7 heteroatoms. The summed E-state index contributed by atoms with van der Waals surface area (Å²) in [5, 5.41) is 10.8. The number of aromatic amines is 1. The highest BCUT2D eigenvalue weighted by Gasteiger charge is 2.22. The van der Waals surface area contributed by atoms with Gasteiger partial charge >= 0.3 is 6.09 Å². The summed E-state index contributed by atoms with van der Waals surface area (Å²) in [4.78, 5) is 28.7. The van der Waals surface area contributed by atoms with E-state index in [0.29, 0.717) is 30.7 Å². The normalized spacial score (nSPS) is 11.4. The van der Waals surface area contributed by atoms with Crippen LogP contribution in [0, 0.1) is 0 Å². The molecule has 0 spiro atoms. The lowest BCUT2D eigenvalue weighted by atomic mass is 10.0. The lowest BCUT2D eigenvalue weighted by molar-refractivity contribution is 0.0236. The number of aromatic nitrogens is 1. The molecule has 3 aromatic rings. The number of nitrogens with zero attached hydrogens (tertiary/aromatic N) is 1. The SMILES string of the molecule is CC(C)(C)OC(=O)N(CCc1ccc(O)c2[nH]c(=O)ccc12)Cc1ccc(N)cc1. The minimum Gasteiger partial charge on any atom is -0.506 e. The van der Waals surface area contributed by atoms with Gasteiger partial charge in [-0.3, -0.25) is 4.79 Å². The maximum Gasteiger partial charge on any atom is 0.410 e. The van der Waals surface area contributed by atoms with E-state index >= 15 is 0 Å². The van der Waals surface area contributed by atoms with Crippen molar-refractivity contribution in [2.75, 3.05) is 12.3 Å². The van der Waals surface area contributed by atoms with Gasteiger partial charge < -0.3 is 25.5 Å². The number of rotatable bonds is 5. The third kappa shape index (κ3) is 5.31. The van der Waals surface area contributed by atoms with Crippen LogP contribution in [0.4, 0.5) is 10.5 Å². The number of hydrogen-bond donors (Lipinski definition) is 3. The zero-order valence-electron chi connectivity index (χ0n) is 17.4. The number of nitrogens with one attached hydrogen (secondary N) is 1. The molecule has 1 aromatic heterocycles. The monoisotopic (exact) mass is 409 g/mol. The summed E-state index contributed by atoms with van der Waals surface area (Å²) in [5.41, 5.74) is 7.76. The van der Waals surface area contributed by atoms with Crippen LogP contribution in [0.2, 0.25) is 0 Å². The number of phenolic OH excluding ortho intramolecular Hbond substituents is 1. The Bertz CT molecular complexity index is 1100. The van der Waals surface area contributed by atoms with Crippen LogP contribution < -0.4 is 11.3 Å². The first kappa shape index (κ1) is 21.2. The van der Waals surface area contributed by atoms with Crippen molar-refractivity contribution >= 4 is 22.7 Å². The van der Waals surface area contributed by atoms with E-state index in [2.05, 4.69) is 4.98 Å². The van der Waals surface area contributed by atoms with Crippen molar-refractivity contribution < 1.29 is 14.6 Å². The standard InChI is InChI=1S/C23H27N3O4/c1-23(2,3)30-22(29)26(14-15-4-7-17(24)8-5-15)13-12-16-6-10-19(27)21-18(16)9-11-20(28)25-21/h4-11,27H,12-14,24H2,1-3H3,(H,25,28). The predicted octanol–water partition coefficient (Wildman–Crippen LogP) is 3.80. The Kier molecular flexibility index (Phi) is 6.01. The van der Waals surface area contributed by atoms with Crippen LogP contribution in [0.1, 0.15) is 31.9 Å². The van der Waals surface area contributed by atoms with Gasteiger partial charge in [0, 0.05) is 30.2 Å². The van der Waals surface area contributed by atoms with Crippen molar-refractivity contribution in [2.45, 2.75) is 39.3 Å². The number of aromatic hydroxyl groups is 1. The summed E-state index contributed by atoms with van der Waals surface area (Å²) >= 11 is 0. The predicted molar refractivity (Wildman–Crippen MR) is 117 cm³/mol. The highest BCUT2D eigenvalue weighted by molar-refractivity contribution is 5.87. The molecule has 4 N–H and O–H groups in total. The molecule has 2 aromatic carbocycles. The molecule has 0 saturated heterocycles. The van der Waals surface area contributed by atoms with Crippen LogP contribution in [0.3, 0.4) is 0 Å². The molecule has 0 fully saturated rings. The van der Waals surface area contributed by atoms with E-state index < -0.39 is 11.7 Å². The number of anilines is 1. The first-order valence-electron chi connectivity index (χ1n) is 9.78. The number of fused-ring (bicyclic) bond motifs is 1. The Labute approximate surface area is 175 Å². The van der Waals surface area contributed by atoms with E-state index in [1.165, 1.54) is 6.07 Å². The molecule has 158 valence electrons. The van der Waals surface area contributed by atoms with Crippen LogP contribution in [0.25, 0.3) is 10.9 Å². The maximum atomic E-state index is 12.8. The summed E-state index contributed by atoms with van der Waals surface area (Å²) in [6.07, 6.45) is 0.118. The number of amides is 1. The number of benzene rings is 2. The molecule has 1 heterocycles. The molecule has 0 radical (unpaired) electrons. The summed E-state index contributed by atoms with van der Waals surface area (Å²) in [6, 6.07) is 13.8. The molecule has 0 saturated carbocycles. The van der Waals surface area contributed by atoms with Crippen molar-refractivity contribution in [3.8, 4) is 5.75 Å². The smallest absolute Gasteiger partial charge is 0.410 e. The quantitative estimate of drug-likeness (QED) is 0.556. The zero-order chi connectivity index (χ0) is 21.9. The number of phenols is 1. The van der Waals surface area contributed by atoms with Crippen LogP contribution in [-0.2, 0) is 17.7 Å². The van der Waals surface area contributed by atoms with Gasteiger partial charge in [-0.05, 0) is 62.6 Å². The lowest BCUT2D eigenvalue weighted by Gasteiger charge is -2.27. The summed E-state index contributed by atoms with van der Waals surface area (Å²) < 4.78 is 5.58. The molecular formula is C23H27N3O4. The fourth-order valence-electron chi connectivity index (χ4n) is 3.18. The molecular weight excluding hydrogens is 382 g/mol. The van der Waals surface area contributed by atoms with Crippen LogP contribution in [0.5, 0.6) is 5.75 Å². The number of carbonyl (C=O) groups excluding carboxylic acids is 1. The zero-order valence-corrected chi connectivity index (χ0v) is 17.4. The summed E-state index contributed by atoms with van der Waals surface area (Å²) in [5.74, 6) is 0.0114. The van der Waals surface area contributed by atoms with Gasteiger partial charge in [0.05, 0.1) is 5.52 Å². The van der Waals surface area contributed by atoms with E-state index in [1.807, 2.05) is 32.9 Å². The average Bonchev–Trinajstić information content (AvgIpc) is 2.67. The Morgan fingerprint density at radius 1 is 1.10 bits per heavy atom. The largest absolute Gasteiger partial charge is 0.506 e. The highest BCUT2D eigenvalue weighted by atomic mass is 16.6. The number of nitrogens with two attached hydrogens (primary N) is 1. The van der Waals surface area contributed by atoms with Gasteiger partial charge in [-0.1, -0.05) is 18.2 Å². The average molecular weight is 409 g/mol. The van der Waals surface area contributed by atoms with Crippen molar-refractivity contribution in [3.63, 3.8) is 0 Å². The van der Waals surface area contributed by atoms with E-state index in [4.69, 9.17) is 10.5 Å². The Morgan fingerprint density at radius 2 is 1.80 bits per heavy atom. The van der Waals surface area contributed by atoms with E-state index in [-0.39, 0.29) is 11.3 Å². The van der Waals surface area contributed by atoms with Crippen molar-refractivity contribution in [2.24, 2.45) is 0 Å². The second kappa shape index (κ2) is 8.49.